The first-order valence-electron chi connectivity index (χ1n) is 5.42. The van der Waals surface area contributed by atoms with E-state index in [1.165, 1.54) is 0 Å². The van der Waals surface area contributed by atoms with Gasteiger partial charge in [0.1, 0.15) is 5.75 Å². The first-order valence-corrected chi connectivity index (χ1v) is 6.17. The minimum Gasteiger partial charge on any atom is -0.493 e. The molecule has 0 amide bonds. The smallest absolute Gasteiger partial charge is 0.122 e. The normalized spacial score (nSPS) is 10.4. The second-order valence-electron chi connectivity index (χ2n) is 3.59. The molecule has 4 heteroatoms. The highest BCUT2D eigenvalue weighted by Crippen LogP contribution is 2.24. The van der Waals surface area contributed by atoms with E-state index in [1.807, 2.05) is 0 Å². The van der Waals surface area contributed by atoms with Crippen molar-refractivity contribution in [1.29, 1.82) is 0 Å². The van der Waals surface area contributed by atoms with Gasteiger partial charge in [0.15, 0.2) is 0 Å². The summed E-state index contributed by atoms with van der Waals surface area (Å²) in [5.74, 6) is 0.708. The molecule has 0 atom stereocenters. The molecule has 0 aliphatic rings. The van der Waals surface area contributed by atoms with Gasteiger partial charge in [-0.1, -0.05) is 29.6 Å². The van der Waals surface area contributed by atoms with Crippen LogP contribution in [0.15, 0.2) is 18.2 Å². The number of halogens is 2. The van der Waals surface area contributed by atoms with Gasteiger partial charge in [-0.3, -0.25) is 0 Å². The lowest BCUT2D eigenvalue weighted by Gasteiger charge is -2.06. The van der Waals surface area contributed by atoms with Crippen LogP contribution in [0.25, 0.3) is 0 Å². The summed E-state index contributed by atoms with van der Waals surface area (Å²) < 4.78 is 5.52. The molecule has 90 valence electrons. The number of benzene rings is 1. The van der Waals surface area contributed by atoms with Crippen molar-refractivity contribution < 1.29 is 9.84 Å². The molecule has 0 saturated carbocycles. The van der Waals surface area contributed by atoms with Crippen LogP contribution in [0.5, 0.6) is 5.75 Å². The zero-order valence-electron chi connectivity index (χ0n) is 9.09. The highest BCUT2D eigenvalue weighted by atomic mass is 35.5. The van der Waals surface area contributed by atoms with Gasteiger partial charge in [0.25, 0.3) is 0 Å². The fourth-order valence-corrected chi connectivity index (χ4v) is 1.88. The van der Waals surface area contributed by atoms with Gasteiger partial charge in [-0.15, -0.1) is 0 Å². The van der Waals surface area contributed by atoms with Gasteiger partial charge in [-0.2, -0.15) is 0 Å². The first kappa shape index (κ1) is 13.6. The van der Waals surface area contributed by atoms with Gasteiger partial charge < -0.3 is 9.84 Å². The fraction of sp³-hybridized carbons (Fsp3) is 0.500. The van der Waals surface area contributed by atoms with Crippen molar-refractivity contribution >= 4 is 23.2 Å². The van der Waals surface area contributed by atoms with Crippen LogP contribution in [0.1, 0.15) is 25.7 Å². The summed E-state index contributed by atoms with van der Waals surface area (Å²) in [4.78, 5) is 0. The van der Waals surface area contributed by atoms with Crippen molar-refractivity contribution in [1.82, 2.24) is 0 Å². The predicted octanol–water partition coefficient (Wildman–Crippen LogP) is 3.92. The summed E-state index contributed by atoms with van der Waals surface area (Å²) in [5.41, 5.74) is 0. The molecule has 0 aliphatic heterocycles. The van der Waals surface area contributed by atoms with E-state index < -0.39 is 0 Å². The summed E-state index contributed by atoms with van der Waals surface area (Å²) in [5, 5.41) is 9.77. The van der Waals surface area contributed by atoms with Crippen molar-refractivity contribution in [2.24, 2.45) is 0 Å². The van der Waals surface area contributed by atoms with E-state index in [9.17, 15) is 0 Å². The minimum atomic E-state index is 0.269. The molecule has 0 bridgehead atoms. The van der Waals surface area contributed by atoms with E-state index in [0.717, 1.165) is 25.7 Å². The van der Waals surface area contributed by atoms with Crippen LogP contribution in [0.3, 0.4) is 0 Å². The van der Waals surface area contributed by atoms with Gasteiger partial charge >= 0.3 is 0 Å². The summed E-state index contributed by atoms with van der Waals surface area (Å²) >= 11 is 11.7. The van der Waals surface area contributed by atoms with Crippen molar-refractivity contribution in [3.8, 4) is 5.75 Å². The van der Waals surface area contributed by atoms with Crippen molar-refractivity contribution in [2.75, 3.05) is 13.2 Å². The maximum absolute atomic E-state index is 8.60. The molecular formula is C12H16Cl2O2. The quantitative estimate of drug-likeness (QED) is 0.755. The fourth-order valence-electron chi connectivity index (χ4n) is 1.37. The predicted molar refractivity (Wildman–Crippen MR) is 67.5 cm³/mol. The third kappa shape index (κ3) is 5.59. The highest BCUT2D eigenvalue weighted by molar-refractivity contribution is 6.34. The number of unbranched alkanes of at least 4 members (excludes halogenated alkanes) is 3. The number of ether oxygens (including phenoxy) is 1. The molecule has 0 radical (unpaired) electrons. The van der Waals surface area contributed by atoms with Crippen LogP contribution in [0.2, 0.25) is 10.0 Å². The van der Waals surface area contributed by atoms with Gasteiger partial charge in [0.05, 0.1) is 6.61 Å². The number of aliphatic hydroxyl groups excluding tert-OH is 1. The number of aliphatic hydroxyl groups is 1. The summed E-state index contributed by atoms with van der Waals surface area (Å²) in [6.07, 6.45) is 3.94. The largest absolute Gasteiger partial charge is 0.493 e. The minimum absolute atomic E-state index is 0.269. The number of hydrogen-bond acceptors (Lipinski definition) is 2. The van der Waals surface area contributed by atoms with E-state index in [4.69, 9.17) is 33.0 Å². The second-order valence-corrected chi connectivity index (χ2v) is 4.46. The van der Waals surface area contributed by atoms with Crippen LogP contribution < -0.4 is 4.74 Å². The number of hydrogen-bond donors (Lipinski definition) is 1. The molecule has 0 aromatic heterocycles. The molecule has 0 spiro atoms. The Morgan fingerprint density at radius 3 is 2.19 bits per heavy atom. The average molecular weight is 263 g/mol. The van der Waals surface area contributed by atoms with Gasteiger partial charge in [0.2, 0.25) is 0 Å². The molecule has 16 heavy (non-hydrogen) atoms. The van der Waals surface area contributed by atoms with E-state index in [2.05, 4.69) is 0 Å². The third-order valence-corrected chi connectivity index (χ3v) is 2.59. The molecule has 0 heterocycles. The Morgan fingerprint density at radius 1 is 0.938 bits per heavy atom. The first-order chi connectivity index (χ1) is 7.72. The Kier molecular flexibility index (Phi) is 6.62. The van der Waals surface area contributed by atoms with Crippen LogP contribution in [-0.2, 0) is 0 Å². The molecule has 0 fully saturated rings. The molecule has 0 aliphatic carbocycles. The maximum Gasteiger partial charge on any atom is 0.122 e. The molecule has 1 rings (SSSR count). The van der Waals surface area contributed by atoms with Crippen molar-refractivity contribution in [3.63, 3.8) is 0 Å². The van der Waals surface area contributed by atoms with E-state index in [-0.39, 0.29) is 6.61 Å². The van der Waals surface area contributed by atoms with E-state index in [0.29, 0.717) is 22.4 Å². The van der Waals surface area contributed by atoms with Crippen LogP contribution in [0.4, 0.5) is 0 Å². The summed E-state index contributed by atoms with van der Waals surface area (Å²) in [6, 6.07) is 5.18. The van der Waals surface area contributed by atoms with Gasteiger partial charge in [-0.25, -0.2) is 0 Å². The van der Waals surface area contributed by atoms with Crippen LogP contribution in [0, 0.1) is 0 Å². The lowest BCUT2D eigenvalue weighted by Crippen LogP contribution is -1.97. The van der Waals surface area contributed by atoms with Gasteiger partial charge in [0, 0.05) is 16.7 Å². The zero-order chi connectivity index (χ0) is 11.8. The van der Waals surface area contributed by atoms with E-state index >= 15 is 0 Å². The Bertz CT molecular complexity index is 296. The highest BCUT2D eigenvalue weighted by Gasteiger charge is 1.99. The second kappa shape index (κ2) is 7.77. The molecule has 1 aromatic carbocycles. The summed E-state index contributed by atoms with van der Waals surface area (Å²) in [6.45, 7) is 0.923. The molecule has 2 nitrogen and oxygen atoms in total. The molecule has 0 unspecified atom stereocenters. The summed E-state index contributed by atoms with van der Waals surface area (Å²) in [7, 11) is 0. The van der Waals surface area contributed by atoms with Crippen LogP contribution >= 0.6 is 23.2 Å². The maximum atomic E-state index is 8.60. The zero-order valence-corrected chi connectivity index (χ0v) is 10.6. The molecule has 0 saturated heterocycles. The lowest BCUT2D eigenvalue weighted by atomic mass is 10.2. The Balaban J connectivity index is 2.21. The molecule has 1 N–H and O–H groups in total. The third-order valence-electron chi connectivity index (χ3n) is 2.16. The standard InChI is InChI=1S/C12H16Cl2O2/c13-10-7-11(14)9-12(8-10)16-6-4-2-1-3-5-15/h7-9,15H,1-6H2. The average Bonchev–Trinajstić information content (AvgIpc) is 2.22. The van der Waals surface area contributed by atoms with Crippen molar-refractivity contribution in [3.05, 3.63) is 28.2 Å². The van der Waals surface area contributed by atoms with Gasteiger partial charge in [-0.05, 0) is 37.5 Å². The lowest BCUT2D eigenvalue weighted by molar-refractivity contribution is 0.273. The Hall–Kier alpha value is -0.440. The topological polar surface area (TPSA) is 29.5 Å². The Morgan fingerprint density at radius 2 is 1.56 bits per heavy atom. The SMILES string of the molecule is OCCCCCCOc1cc(Cl)cc(Cl)c1. The number of rotatable bonds is 7. The molecular weight excluding hydrogens is 247 g/mol. The molecule has 1 aromatic rings. The van der Waals surface area contributed by atoms with Crippen molar-refractivity contribution in [2.45, 2.75) is 25.7 Å². The van der Waals surface area contributed by atoms with Crippen LogP contribution in [-0.4, -0.2) is 18.3 Å². The Labute approximate surface area is 106 Å². The monoisotopic (exact) mass is 262 g/mol. The van der Waals surface area contributed by atoms with E-state index in [1.54, 1.807) is 18.2 Å².